The molecule has 0 aliphatic carbocycles. The van der Waals surface area contributed by atoms with Gasteiger partial charge in [0.2, 0.25) is 11.7 Å². The van der Waals surface area contributed by atoms with E-state index in [0.29, 0.717) is 17.5 Å². The van der Waals surface area contributed by atoms with E-state index in [4.69, 9.17) is 4.52 Å². The first-order valence-electron chi connectivity index (χ1n) is 7.52. The van der Waals surface area contributed by atoms with Crippen LogP contribution in [-0.4, -0.2) is 20.1 Å². The number of nitrogens with zero attached hydrogens (tertiary/aromatic N) is 4. The second-order valence-corrected chi connectivity index (χ2v) is 6.33. The highest BCUT2D eigenvalue weighted by Gasteiger charge is 2.10. The highest BCUT2D eigenvalue weighted by atomic mass is 32.2. The molecule has 4 aromatic rings. The van der Waals surface area contributed by atoms with Gasteiger partial charge in [0.1, 0.15) is 11.4 Å². The molecule has 0 amide bonds. The lowest BCUT2D eigenvalue weighted by atomic mass is 10.1. The Kier molecular flexibility index (Phi) is 3.96. The first kappa shape index (κ1) is 14.8. The minimum Gasteiger partial charge on any atom is -0.338 e. The summed E-state index contributed by atoms with van der Waals surface area (Å²) < 4.78 is 5.36. The zero-order valence-electron chi connectivity index (χ0n) is 13.0. The quantitative estimate of drug-likeness (QED) is 0.410. The molecule has 24 heavy (non-hydrogen) atoms. The maximum Gasteiger partial charge on any atom is 0.237 e. The first-order valence-corrected chi connectivity index (χ1v) is 8.50. The van der Waals surface area contributed by atoms with E-state index in [-0.39, 0.29) is 0 Å². The lowest BCUT2D eigenvalue weighted by Gasteiger charge is -2.02. The average Bonchev–Trinajstić information content (AvgIpc) is 3.09. The Bertz CT molecular complexity index is 976. The zero-order chi connectivity index (χ0) is 16.4. The van der Waals surface area contributed by atoms with Crippen LogP contribution in [0.3, 0.4) is 0 Å². The number of para-hydroxylation sites is 1. The van der Waals surface area contributed by atoms with E-state index >= 15 is 0 Å². The van der Waals surface area contributed by atoms with Gasteiger partial charge in [-0.2, -0.15) is 4.98 Å². The molecule has 0 bridgehead atoms. The van der Waals surface area contributed by atoms with Crippen molar-refractivity contribution in [2.24, 2.45) is 0 Å². The standard InChI is InChI=1S/C18H14N4OS/c1-12-6-8-13(9-7-12)17-21-16(23-22-17)10-24-18-14-4-2-3-5-15(14)19-11-20-18/h2-9,11H,10H2,1H3. The number of hydrogen-bond donors (Lipinski definition) is 0. The van der Waals surface area contributed by atoms with Gasteiger partial charge in [0.05, 0.1) is 11.3 Å². The summed E-state index contributed by atoms with van der Waals surface area (Å²) in [5.41, 5.74) is 3.09. The summed E-state index contributed by atoms with van der Waals surface area (Å²) in [4.78, 5) is 13.1. The van der Waals surface area contributed by atoms with Crippen molar-refractivity contribution >= 4 is 22.7 Å². The first-order chi connectivity index (χ1) is 11.8. The van der Waals surface area contributed by atoms with Crippen molar-refractivity contribution in [1.29, 1.82) is 0 Å². The molecule has 0 saturated heterocycles. The van der Waals surface area contributed by atoms with Crippen molar-refractivity contribution in [2.45, 2.75) is 17.7 Å². The molecule has 0 N–H and O–H groups in total. The number of fused-ring (bicyclic) bond motifs is 1. The lowest BCUT2D eigenvalue weighted by molar-refractivity contribution is 0.391. The van der Waals surface area contributed by atoms with E-state index < -0.39 is 0 Å². The van der Waals surface area contributed by atoms with Crippen LogP contribution in [0.4, 0.5) is 0 Å². The van der Waals surface area contributed by atoms with Crippen molar-refractivity contribution < 1.29 is 4.52 Å². The highest BCUT2D eigenvalue weighted by molar-refractivity contribution is 7.98. The van der Waals surface area contributed by atoms with Gasteiger partial charge in [-0.3, -0.25) is 0 Å². The number of aromatic nitrogens is 4. The third-order valence-electron chi connectivity index (χ3n) is 3.62. The molecule has 0 atom stereocenters. The molecule has 2 aromatic heterocycles. The molecule has 5 nitrogen and oxygen atoms in total. The van der Waals surface area contributed by atoms with Crippen LogP contribution in [0.5, 0.6) is 0 Å². The zero-order valence-corrected chi connectivity index (χ0v) is 13.8. The fourth-order valence-electron chi connectivity index (χ4n) is 2.36. The predicted molar refractivity (Wildman–Crippen MR) is 93.6 cm³/mol. The van der Waals surface area contributed by atoms with Crippen LogP contribution < -0.4 is 0 Å². The van der Waals surface area contributed by atoms with E-state index in [0.717, 1.165) is 21.5 Å². The minimum absolute atomic E-state index is 0.569. The van der Waals surface area contributed by atoms with Crippen molar-refractivity contribution in [2.75, 3.05) is 0 Å². The Balaban J connectivity index is 1.53. The number of rotatable bonds is 4. The smallest absolute Gasteiger partial charge is 0.237 e. The highest BCUT2D eigenvalue weighted by Crippen LogP contribution is 2.27. The number of benzene rings is 2. The second-order valence-electron chi connectivity index (χ2n) is 5.36. The van der Waals surface area contributed by atoms with Crippen molar-refractivity contribution in [3.8, 4) is 11.4 Å². The number of aryl methyl sites for hydroxylation is 1. The molecule has 6 heteroatoms. The van der Waals surface area contributed by atoms with Gasteiger partial charge in [-0.1, -0.05) is 64.9 Å². The fourth-order valence-corrected chi connectivity index (χ4v) is 3.19. The molecule has 118 valence electrons. The van der Waals surface area contributed by atoms with Gasteiger partial charge in [-0.25, -0.2) is 9.97 Å². The van der Waals surface area contributed by atoms with E-state index in [9.17, 15) is 0 Å². The summed E-state index contributed by atoms with van der Waals surface area (Å²) in [6.45, 7) is 2.05. The van der Waals surface area contributed by atoms with Crippen LogP contribution in [0.2, 0.25) is 0 Å². The predicted octanol–water partition coefficient (Wildman–Crippen LogP) is 4.28. The monoisotopic (exact) mass is 334 g/mol. The van der Waals surface area contributed by atoms with E-state index in [1.165, 1.54) is 5.56 Å². The molecular formula is C18H14N4OS. The van der Waals surface area contributed by atoms with Crippen LogP contribution in [0.15, 0.2) is 64.4 Å². The van der Waals surface area contributed by atoms with Crippen molar-refractivity contribution in [1.82, 2.24) is 20.1 Å². The molecule has 0 aliphatic rings. The van der Waals surface area contributed by atoms with E-state index in [2.05, 4.69) is 20.1 Å². The molecule has 0 radical (unpaired) electrons. The van der Waals surface area contributed by atoms with Crippen LogP contribution >= 0.6 is 11.8 Å². The summed E-state index contributed by atoms with van der Waals surface area (Å²) in [7, 11) is 0. The Hall–Kier alpha value is -2.73. The molecule has 0 unspecified atom stereocenters. The minimum atomic E-state index is 0.569. The lowest BCUT2D eigenvalue weighted by Crippen LogP contribution is -1.88. The third kappa shape index (κ3) is 3.00. The second kappa shape index (κ2) is 6.41. The molecular weight excluding hydrogens is 320 g/mol. The molecule has 4 rings (SSSR count). The topological polar surface area (TPSA) is 64.7 Å². The van der Waals surface area contributed by atoms with Crippen molar-refractivity contribution in [3.63, 3.8) is 0 Å². The molecule has 0 saturated carbocycles. The summed E-state index contributed by atoms with van der Waals surface area (Å²) in [6, 6.07) is 16.0. The SMILES string of the molecule is Cc1ccc(-c2noc(CSc3ncnc4ccccc34)n2)cc1. The largest absolute Gasteiger partial charge is 0.338 e. The van der Waals surface area contributed by atoms with Gasteiger partial charge in [0, 0.05) is 10.9 Å². The summed E-state index contributed by atoms with van der Waals surface area (Å²) in [5.74, 6) is 1.76. The summed E-state index contributed by atoms with van der Waals surface area (Å²) >= 11 is 1.57. The van der Waals surface area contributed by atoms with E-state index in [1.807, 2.05) is 55.5 Å². The number of hydrogen-bond acceptors (Lipinski definition) is 6. The summed E-state index contributed by atoms with van der Waals surface area (Å²) in [6.07, 6.45) is 1.58. The molecule has 0 fully saturated rings. The van der Waals surface area contributed by atoms with Gasteiger partial charge in [0.25, 0.3) is 0 Å². The molecule has 0 aliphatic heterocycles. The maximum atomic E-state index is 5.36. The van der Waals surface area contributed by atoms with Gasteiger partial charge < -0.3 is 4.52 Å². The maximum absolute atomic E-state index is 5.36. The molecule has 2 aromatic carbocycles. The van der Waals surface area contributed by atoms with Gasteiger partial charge in [0.15, 0.2) is 0 Å². The molecule has 2 heterocycles. The Morgan fingerprint density at radius 1 is 1.00 bits per heavy atom. The van der Waals surface area contributed by atoms with Crippen LogP contribution in [0.1, 0.15) is 11.5 Å². The van der Waals surface area contributed by atoms with Gasteiger partial charge in [-0.05, 0) is 13.0 Å². The average molecular weight is 334 g/mol. The normalized spacial score (nSPS) is 11.0. The van der Waals surface area contributed by atoms with Gasteiger partial charge >= 0.3 is 0 Å². The Morgan fingerprint density at radius 2 is 1.83 bits per heavy atom. The Morgan fingerprint density at radius 3 is 2.71 bits per heavy atom. The Labute approximate surface area is 143 Å². The van der Waals surface area contributed by atoms with Crippen LogP contribution in [0.25, 0.3) is 22.3 Å². The van der Waals surface area contributed by atoms with Gasteiger partial charge in [-0.15, -0.1) is 0 Å². The van der Waals surface area contributed by atoms with Crippen LogP contribution in [0, 0.1) is 6.92 Å². The number of thioether (sulfide) groups is 1. The summed E-state index contributed by atoms with van der Waals surface area (Å²) in [5, 5.41) is 6.00. The molecule has 0 spiro atoms. The third-order valence-corrected chi connectivity index (χ3v) is 4.61. The van der Waals surface area contributed by atoms with E-state index in [1.54, 1.807) is 18.1 Å². The van der Waals surface area contributed by atoms with Crippen molar-refractivity contribution in [3.05, 3.63) is 66.3 Å². The van der Waals surface area contributed by atoms with Crippen LogP contribution in [-0.2, 0) is 5.75 Å². The fraction of sp³-hybridized carbons (Fsp3) is 0.111.